The predicted molar refractivity (Wildman–Crippen MR) is 77.3 cm³/mol. The third-order valence-corrected chi connectivity index (χ3v) is 3.50. The minimum absolute atomic E-state index is 0.0249. The van der Waals surface area contributed by atoms with Crippen molar-refractivity contribution in [2.24, 2.45) is 0 Å². The van der Waals surface area contributed by atoms with E-state index in [2.05, 4.69) is 22.8 Å². The van der Waals surface area contributed by atoms with Gasteiger partial charge in [0.1, 0.15) is 6.04 Å². The Morgan fingerprint density at radius 2 is 2.05 bits per heavy atom. The van der Waals surface area contributed by atoms with Crippen LogP contribution in [0.2, 0.25) is 0 Å². The normalized spacial score (nSPS) is 17.4. The van der Waals surface area contributed by atoms with Gasteiger partial charge in [0.25, 0.3) is 0 Å². The maximum absolute atomic E-state index is 12.0. The fourth-order valence-corrected chi connectivity index (χ4v) is 2.30. The van der Waals surface area contributed by atoms with Gasteiger partial charge in [0.15, 0.2) is 0 Å². The van der Waals surface area contributed by atoms with E-state index in [9.17, 15) is 9.59 Å². The second kappa shape index (κ2) is 6.93. The highest BCUT2D eigenvalue weighted by atomic mass is 16.2. The van der Waals surface area contributed by atoms with Crippen molar-refractivity contribution >= 4 is 11.9 Å². The molecule has 0 saturated carbocycles. The molecule has 1 aliphatic heterocycles. The van der Waals surface area contributed by atoms with Gasteiger partial charge in [-0.25, -0.2) is 4.79 Å². The van der Waals surface area contributed by atoms with Crippen LogP contribution < -0.4 is 10.6 Å². The first-order valence-electron chi connectivity index (χ1n) is 7.00. The van der Waals surface area contributed by atoms with Crippen molar-refractivity contribution in [3.63, 3.8) is 0 Å². The molecule has 2 rings (SSSR count). The number of nitrogens with one attached hydrogen (secondary N) is 2. The molecule has 1 atom stereocenters. The molecule has 0 unspecified atom stereocenters. The molecule has 108 valence electrons. The van der Waals surface area contributed by atoms with E-state index in [0.717, 1.165) is 25.8 Å². The van der Waals surface area contributed by atoms with Gasteiger partial charge in [-0.15, -0.1) is 0 Å². The highest BCUT2D eigenvalue weighted by Gasteiger charge is 2.28. The predicted octanol–water partition coefficient (Wildman–Crippen LogP) is 1.15. The summed E-state index contributed by atoms with van der Waals surface area (Å²) < 4.78 is 0. The Morgan fingerprint density at radius 1 is 1.30 bits per heavy atom. The van der Waals surface area contributed by atoms with Crippen LogP contribution in [-0.4, -0.2) is 43.0 Å². The Bertz CT molecular complexity index is 461. The minimum Gasteiger partial charge on any atom is -0.344 e. The summed E-state index contributed by atoms with van der Waals surface area (Å²) in [7, 11) is 1.79. The van der Waals surface area contributed by atoms with Crippen LogP contribution in [0, 0.1) is 0 Å². The van der Waals surface area contributed by atoms with Crippen LogP contribution in [0.1, 0.15) is 18.4 Å². The van der Waals surface area contributed by atoms with E-state index < -0.39 is 6.04 Å². The molecular weight excluding hydrogens is 254 g/mol. The van der Waals surface area contributed by atoms with Crippen LogP contribution >= 0.6 is 0 Å². The Kier molecular flexibility index (Phi) is 4.98. The molecule has 2 N–H and O–H groups in total. The second-order valence-electron chi connectivity index (χ2n) is 5.11. The van der Waals surface area contributed by atoms with Crippen molar-refractivity contribution in [3.8, 4) is 0 Å². The lowest BCUT2D eigenvalue weighted by molar-refractivity contribution is -0.131. The van der Waals surface area contributed by atoms with Crippen molar-refractivity contribution in [2.45, 2.75) is 25.3 Å². The summed E-state index contributed by atoms with van der Waals surface area (Å²) in [5.74, 6) is -0.0249. The zero-order chi connectivity index (χ0) is 14.4. The molecule has 5 nitrogen and oxygen atoms in total. The number of urea groups is 1. The maximum Gasteiger partial charge on any atom is 0.315 e. The summed E-state index contributed by atoms with van der Waals surface area (Å²) in [6.45, 7) is 1.10. The van der Waals surface area contributed by atoms with E-state index in [-0.39, 0.29) is 11.9 Å². The van der Waals surface area contributed by atoms with Gasteiger partial charge >= 0.3 is 6.03 Å². The van der Waals surface area contributed by atoms with Gasteiger partial charge in [-0.05, 0) is 24.8 Å². The number of nitrogens with zero attached hydrogens (tertiary/aromatic N) is 1. The van der Waals surface area contributed by atoms with Crippen molar-refractivity contribution < 1.29 is 9.59 Å². The molecule has 0 spiro atoms. The average Bonchev–Trinajstić information content (AvgIpc) is 2.90. The molecule has 1 fully saturated rings. The van der Waals surface area contributed by atoms with Gasteiger partial charge in [0.2, 0.25) is 5.91 Å². The number of benzene rings is 1. The zero-order valence-electron chi connectivity index (χ0n) is 11.8. The standard InChI is InChI=1S/C15H21N3O2/c1-18(14(19)13-11-16-15(20)17-13)10-6-5-9-12-7-3-2-4-8-12/h2-4,7-8,13H,5-6,9-11H2,1H3,(H2,16,17,20)/t13-/m0/s1. The first-order valence-corrected chi connectivity index (χ1v) is 7.00. The maximum atomic E-state index is 12.0. The van der Waals surface area contributed by atoms with Gasteiger partial charge in [0.05, 0.1) is 0 Å². The lowest BCUT2D eigenvalue weighted by Gasteiger charge is -2.20. The van der Waals surface area contributed by atoms with Crippen LogP contribution in [0.4, 0.5) is 4.79 Å². The smallest absolute Gasteiger partial charge is 0.315 e. The second-order valence-corrected chi connectivity index (χ2v) is 5.11. The van der Waals surface area contributed by atoms with E-state index in [1.807, 2.05) is 18.2 Å². The summed E-state index contributed by atoms with van der Waals surface area (Å²) in [6.07, 6.45) is 3.05. The summed E-state index contributed by atoms with van der Waals surface area (Å²) in [6, 6.07) is 9.66. The number of unbranched alkanes of at least 4 members (excludes halogenated alkanes) is 1. The van der Waals surface area contributed by atoms with Crippen molar-refractivity contribution in [1.29, 1.82) is 0 Å². The van der Waals surface area contributed by atoms with Crippen LogP contribution in [0.15, 0.2) is 30.3 Å². The van der Waals surface area contributed by atoms with Crippen LogP contribution in [0.3, 0.4) is 0 Å². The lowest BCUT2D eigenvalue weighted by atomic mass is 10.1. The lowest BCUT2D eigenvalue weighted by Crippen LogP contribution is -2.44. The molecule has 0 aromatic heterocycles. The Balaban J connectivity index is 1.66. The Hall–Kier alpha value is -2.04. The summed E-state index contributed by atoms with van der Waals surface area (Å²) in [4.78, 5) is 24.7. The van der Waals surface area contributed by atoms with Gasteiger partial charge in [-0.2, -0.15) is 0 Å². The largest absolute Gasteiger partial charge is 0.344 e. The number of aryl methyl sites for hydroxylation is 1. The number of hydrogen-bond acceptors (Lipinski definition) is 2. The van der Waals surface area contributed by atoms with E-state index >= 15 is 0 Å². The molecule has 1 heterocycles. The summed E-state index contributed by atoms with van der Waals surface area (Å²) >= 11 is 0. The van der Waals surface area contributed by atoms with Crippen LogP contribution in [0.25, 0.3) is 0 Å². The van der Waals surface area contributed by atoms with E-state index in [1.54, 1.807) is 11.9 Å². The number of rotatable bonds is 6. The number of likely N-dealkylation sites (N-methyl/N-ethyl adjacent to an activating group) is 1. The highest BCUT2D eigenvalue weighted by Crippen LogP contribution is 2.06. The Labute approximate surface area is 119 Å². The fourth-order valence-electron chi connectivity index (χ4n) is 2.30. The molecule has 1 aromatic rings. The molecule has 0 radical (unpaired) electrons. The molecule has 0 bridgehead atoms. The van der Waals surface area contributed by atoms with E-state index in [4.69, 9.17) is 0 Å². The van der Waals surface area contributed by atoms with E-state index in [0.29, 0.717) is 6.54 Å². The zero-order valence-corrected chi connectivity index (χ0v) is 11.8. The fraction of sp³-hybridized carbons (Fsp3) is 0.467. The van der Waals surface area contributed by atoms with Crippen molar-refractivity contribution in [3.05, 3.63) is 35.9 Å². The van der Waals surface area contributed by atoms with Crippen LogP contribution in [0.5, 0.6) is 0 Å². The molecular formula is C15H21N3O2. The first-order chi connectivity index (χ1) is 9.66. The molecule has 1 aliphatic rings. The SMILES string of the molecule is CN(CCCCc1ccccc1)C(=O)[C@@H]1CNC(=O)N1. The molecule has 1 saturated heterocycles. The Morgan fingerprint density at radius 3 is 2.70 bits per heavy atom. The quantitative estimate of drug-likeness (QED) is 0.765. The number of amides is 3. The van der Waals surface area contributed by atoms with Gasteiger partial charge in [0, 0.05) is 20.1 Å². The topological polar surface area (TPSA) is 61.4 Å². The number of carbonyl (C=O) groups excluding carboxylic acids is 2. The summed E-state index contributed by atoms with van der Waals surface area (Å²) in [5, 5.41) is 5.21. The molecule has 1 aromatic carbocycles. The van der Waals surface area contributed by atoms with Gasteiger partial charge in [-0.1, -0.05) is 30.3 Å². The molecule has 5 heteroatoms. The number of hydrogen-bond donors (Lipinski definition) is 2. The van der Waals surface area contributed by atoms with Crippen LogP contribution in [-0.2, 0) is 11.2 Å². The average molecular weight is 275 g/mol. The van der Waals surface area contributed by atoms with Crippen molar-refractivity contribution in [1.82, 2.24) is 15.5 Å². The van der Waals surface area contributed by atoms with Crippen molar-refractivity contribution in [2.75, 3.05) is 20.1 Å². The van der Waals surface area contributed by atoms with E-state index in [1.165, 1.54) is 5.56 Å². The summed E-state index contributed by atoms with van der Waals surface area (Å²) in [5.41, 5.74) is 1.33. The third kappa shape index (κ3) is 3.98. The molecule has 20 heavy (non-hydrogen) atoms. The monoisotopic (exact) mass is 275 g/mol. The molecule has 3 amide bonds. The number of carbonyl (C=O) groups is 2. The minimum atomic E-state index is -0.415. The first kappa shape index (κ1) is 14.4. The van der Waals surface area contributed by atoms with Gasteiger partial charge in [-0.3, -0.25) is 4.79 Å². The third-order valence-electron chi connectivity index (χ3n) is 3.50. The molecule has 0 aliphatic carbocycles. The van der Waals surface area contributed by atoms with Gasteiger partial charge < -0.3 is 15.5 Å². The highest BCUT2D eigenvalue weighted by molar-refractivity contribution is 5.90.